The van der Waals surface area contributed by atoms with Gasteiger partial charge in [0.05, 0.1) is 6.26 Å². The molecule has 1 N–H and O–H groups in total. The monoisotopic (exact) mass is 351 g/mol. The molecule has 1 aromatic heterocycles. The van der Waals surface area contributed by atoms with Crippen LogP contribution in [0.15, 0.2) is 39.4 Å². The summed E-state index contributed by atoms with van der Waals surface area (Å²) in [6.07, 6.45) is 1.37. The Morgan fingerprint density at radius 2 is 2.00 bits per heavy atom. The topological polar surface area (TPSA) is 68.5 Å². The molecule has 110 valence electrons. The van der Waals surface area contributed by atoms with Gasteiger partial charge in [-0.05, 0) is 49.2 Å². The first kappa shape index (κ1) is 15.3. The van der Waals surface area contributed by atoms with Gasteiger partial charge >= 0.3 is 5.97 Å². The molecule has 21 heavy (non-hydrogen) atoms. The van der Waals surface area contributed by atoms with Crippen LogP contribution in [0.3, 0.4) is 0 Å². The maximum absolute atomic E-state index is 11.8. The molecule has 2 rings (SSSR count). The first-order valence-electron chi connectivity index (χ1n) is 6.25. The van der Waals surface area contributed by atoms with Crippen molar-refractivity contribution in [1.29, 1.82) is 0 Å². The van der Waals surface area contributed by atoms with Crippen LogP contribution < -0.4 is 5.32 Å². The molecule has 0 radical (unpaired) electrons. The third-order valence-electron chi connectivity index (χ3n) is 3.05. The van der Waals surface area contributed by atoms with E-state index in [2.05, 4.69) is 21.2 Å². The highest BCUT2D eigenvalue weighted by atomic mass is 79.9. The summed E-state index contributed by atoms with van der Waals surface area (Å²) in [4.78, 5) is 23.3. The SMILES string of the molecule is Cc1c(Br)ccc(NC(=O)COC(=O)c2ccco2)c1C. The summed E-state index contributed by atoms with van der Waals surface area (Å²) in [6, 6.07) is 6.69. The van der Waals surface area contributed by atoms with E-state index in [-0.39, 0.29) is 12.4 Å². The molecule has 0 bridgehead atoms. The molecular formula is C15H14BrNO4. The second-order valence-electron chi connectivity index (χ2n) is 4.45. The molecule has 0 saturated heterocycles. The Labute approximate surface area is 130 Å². The Morgan fingerprint density at radius 1 is 1.24 bits per heavy atom. The normalized spacial score (nSPS) is 10.2. The van der Waals surface area contributed by atoms with E-state index < -0.39 is 11.9 Å². The summed E-state index contributed by atoms with van der Waals surface area (Å²) in [5.74, 6) is -1.00. The van der Waals surface area contributed by atoms with Crippen LogP contribution in [-0.4, -0.2) is 18.5 Å². The number of carbonyl (C=O) groups excluding carboxylic acids is 2. The fourth-order valence-corrected chi connectivity index (χ4v) is 2.14. The van der Waals surface area contributed by atoms with Gasteiger partial charge in [-0.15, -0.1) is 0 Å². The van der Waals surface area contributed by atoms with Gasteiger partial charge in [-0.2, -0.15) is 0 Å². The third-order valence-corrected chi connectivity index (χ3v) is 3.91. The van der Waals surface area contributed by atoms with E-state index in [9.17, 15) is 9.59 Å². The summed E-state index contributed by atoms with van der Waals surface area (Å²) in [5, 5.41) is 2.71. The predicted molar refractivity (Wildman–Crippen MR) is 81.2 cm³/mol. The van der Waals surface area contributed by atoms with Crippen molar-refractivity contribution in [3.8, 4) is 0 Å². The van der Waals surface area contributed by atoms with Gasteiger partial charge in [0.15, 0.2) is 6.61 Å². The van der Waals surface area contributed by atoms with E-state index in [1.165, 1.54) is 12.3 Å². The molecule has 5 nitrogen and oxygen atoms in total. The summed E-state index contributed by atoms with van der Waals surface area (Å²) in [5.41, 5.74) is 2.69. The minimum absolute atomic E-state index is 0.0680. The van der Waals surface area contributed by atoms with Crippen molar-refractivity contribution in [2.75, 3.05) is 11.9 Å². The van der Waals surface area contributed by atoms with Crippen LogP contribution >= 0.6 is 15.9 Å². The predicted octanol–water partition coefficient (Wildman–Crippen LogP) is 3.45. The molecule has 0 saturated carbocycles. The molecule has 0 unspecified atom stereocenters. The highest BCUT2D eigenvalue weighted by Gasteiger charge is 2.13. The van der Waals surface area contributed by atoms with E-state index >= 15 is 0 Å². The molecular weight excluding hydrogens is 338 g/mol. The first-order valence-corrected chi connectivity index (χ1v) is 7.04. The molecule has 6 heteroatoms. The number of ether oxygens (including phenoxy) is 1. The van der Waals surface area contributed by atoms with Crippen molar-refractivity contribution in [1.82, 2.24) is 0 Å². The van der Waals surface area contributed by atoms with Crippen LogP contribution in [0.4, 0.5) is 5.69 Å². The lowest BCUT2D eigenvalue weighted by molar-refractivity contribution is -0.119. The molecule has 1 aromatic carbocycles. The maximum Gasteiger partial charge on any atom is 0.374 e. The molecule has 1 heterocycles. The second kappa shape index (κ2) is 6.58. The number of esters is 1. The second-order valence-corrected chi connectivity index (χ2v) is 5.30. The lowest BCUT2D eigenvalue weighted by Crippen LogP contribution is -2.21. The Balaban J connectivity index is 1.93. The average Bonchev–Trinajstić information content (AvgIpc) is 3.00. The van der Waals surface area contributed by atoms with E-state index in [0.717, 1.165) is 15.6 Å². The summed E-state index contributed by atoms with van der Waals surface area (Å²) < 4.78 is 10.7. The number of furan rings is 1. The van der Waals surface area contributed by atoms with Crippen LogP contribution in [-0.2, 0) is 9.53 Å². The number of amides is 1. The van der Waals surface area contributed by atoms with Crippen LogP contribution in [0.2, 0.25) is 0 Å². The smallest absolute Gasteiger partial charge is 0.374 e. The lowest BCUT2D eigenvalue weighted by Gasteiger charge is -2.11. The Morgan fingerprint density at radius 3 is 2.67 bits per heavy atom. The van der Waals surface area contributed by atoms with Gasteiger partial charge in [-0.1, -0.05) is 15.9 Å². The number of rotatable bonds is 4. The maximum atomic E-state index is 11.8. The van der Waals surface area contributed by atoms with Crippen LogP contribution in [0.25, 0.3) is 0 Å². The van der Waals surface area contributed by atoms with Crippen molar-refractivity contribution >= 4 is 33.5 Å². The highest BCUT2D eigenvalue weighted by Crippen LogP contribution is 2.25. The van der Waals surface area contributed by atoms with Crippen LogP contribution in [0.1, 0.15) is 21.7 Å². The summed E-state index contributed by atoms with van der Waals surface area (Å²) in [6.45, 7) is 3.49. The van der Waals surface area contributed by atoms with Crippen molar-refractivity contribution in [2.45, 2.75) is 13.8 Å². The van der Waals surface area contributed by atoms with E-state index in [0.29, 0.717) is 5.69 Å². The minimum atomic E-state index is -0.668. The zero-order valence-electron chi connectivity index (χ0n) is 11.6. The van der Waals surface area contributed by atoms with Gasteiger partial charge < -0.3 is 14.5 Å². The summed E-state index contributed by atoms with van der Waals surface area (Å²) in [7, 11) is 0. The van der Waals surface area contributed by atoms with Crippen molar-refractivity contribution in [3.63, 3.8) is 0 Å². The van der Waals surface area contributed by atoms with Crippen LogP contribution in [0, 0.1) is 13.8 Å². The van der Waals surface area contributed by atoms with Crippen molar-refractivity contribution in [2.24, 2.45) is 0 Å². The van der Waals surface area contributed by atoms with E-state index in [1.807, 2.05) is 19.9 Å². The molecule has 0 atom stereocenters. The number of hydrogen-bond acceptors (Lipinski definition) is 4. The highest BCUT2D eigenvalue weighted by molar-refractivity contribution is 9.10. The zero-order valence-corrected chi connectivity index (χ0v) is 13.2. The molecule has 0 spiro atoms. The van der Waals surface area contributed by atoms with Gasteiger partial charge in [0.25, 0.3) is 5.91 Å². The molecule has 0 fully saturated rings. The first-order chi connectivity index (χ1) is 9.99. The zero-order chi connectivity index (χ0) is 15.4. The van der Waals surface area contributed by atoms with E-state index in [4.69, 9.17) is 9.15 Å². The van der Waals surface area contributed by atoms with Gasteiger partial charge in [-0.3, -0.25) is 4.79 Å². The van der Waals surface area contributed by atoms with Gasteiger partial charge in [0.1, 0.15) is 0 Å². The molecule has 0 aliphatic heterocycles. The summed E-state index contributed by atoms with van der Waals surface area (Å²) >= 11 is 3.43. The quantitative estimate of drug-likeness (QED) is 0.856. The number of carbonyl (C=O) groups is 2. The minimum Gasteiger partial charge on any atom is -0.457 e. The van der Waals surface area contributed by atoms with Crippen molar-refractivity contribution < 1.29 is 18.7 Å². The van der Waals surface area contributed by atoms with Gasteiger partial charge in [-0.25, -0.2) is 4.79 Å². The molecule has 0 aliphatic rings. The van der Waals surface area contributed by atoms with Crippen LogP contribution in [0.5, 0.6) is 0 Å². The fourth-order valence-electron chi connectivity index (χ4n) is 1.71. The molecule has 0 aliphatic carbocycles. The molecule has 2 aromatic rings. The molecule has 1 amide bonds. The van der Waals surface area contributed by atoms with Gasteiger partial charge in [0, 0.05) is 10.2 Å². The standard InChI is InChI=1S/C15H14BrNO4/c1-9-10(2)12(6-5-11(9)16)17-14(18)8-21-15(19)13-4-3-7-20-13/h3-7H,8H2,1-2H3,(H,17,18). The Hall–Kier alpha value is -2.08. The van der Waals surface area contributed by atoms with Gasteiger partial charge in [0.2, 0.25) is 5.76 Å². The number of hydrogen-bond donors (Lipinski definition) is 1. The number of anilines is 1. The van der Waals surface area contributed by atoms with Crippen molar-refractivity contribution in [3.05, 3.63) is 51.9 Å². The number of nitrogens with one attached hydrogen (secondary N) is 1. The number of halogens is 1. The third kappa shape index (κ3) is 3.72. The lowest BCUT2D eigenvalue weighted by atomic mass is 10.1. The average molecular weight is 352 g/mol. The van der Waals surface area contributed by atoms with E-state index in [1.54, 1.807) is 12.1 Å². The fraction of sp³-hybridized carbons (Fsp3) is 0.200. The Bertz CT molecular complexity index is 665. The Kier molecular flexibility index (Phi) is 4.80. The number of benzene rings is 1. The largest absolute Gasteiger partial charge is 0.457 e.